The molecule has 0 aromatic heterocycles. The number of hydrogen-bond donors (Lipinski definition) is 1. The normalized spacial score (nSPS) is 10.9. The number of carbonyl (C=O) groups is 2. The molecule has 0 radical (unpaired) electrons. The van der Waals surface area contributed by atoms with Crippen LogP contribution in [-0.2, 0) is 11.3 Å². The fourth-order valence-corrected chi connectivity index (χ4v) is 2.14. The van der Waals surface area contributed by atoms with E-state index in [2.05, 4.69) is 5.32 Å². The van der Waals surface area contributed by atoms with Gasteiger partial charge < -0.3 is 10.1 Å². The minimum absolute atomic E-state index is 0.385. The van der Waals surface area contributed by atoms with Crippen LogP contribution in [0.1, 0.15) is 36.7 Å². The maximum absolute atomic E-state index is 11.7. The highest BCUT2D eigenvalue weighted by Crippen LogP contribution is 2.21. The topological polar surface area (TPSA) is 55.4 Å². The maximum atomic E-state index is 11.7. The number of aldehydes is 1. The van der Waals surface area contributed by atoms with E-state index in [-0.39, 0.29) is 0 Å². The van der Waals surface area contributed by atoms with Crippen LogP contribution in [0.2, 0.25) is 0 Å². The first-order valence-corrected chi connectivity index (χ1v) is 7.49. The molecule has 4 heteroatoms. The number of alkyl carbamates (subject to hydrolysis) is 1. The number of ether oxygens (including phenoxy) is 1. The number of rotatable bonds is 4. The lowest BCUT2D eigenvalue weighted by Gasteiger charge is -2.19. The van der Waals surface area contributed by atoms with E-state index in [1.807, 2.05) is 63.2 Å². The summed E-state index contributed by atoms with van der Waals surface area (Å²) in [6.07, 6.45) is 0.392. The van der Waals surface area contributed by atoms with E-state index in [1.54, 1.807) is 6.07 Å². The minimum Gasteiger partial charge on any atom is -0.444 e. The van der Waals surface area contributed by atoms with Crippen molar-refractivity contribution in [3.8, 4) is 11.1 Å². The summed E-state index contributed by atoms with van der Waals surface area (Å²) in [5.74, 6) is 0. The Balaban J connectivity index is 2.08. The Morgan fingerprint density at radius 2 is 1.74 bits per heavy atom. The van der Waals surface area contributed by atoms with Crippen LogP contribution in [0.4, 0.5) is 4.79 Å². The second-order valence-corrected chi connectivity index (χ2v) is 6.30. The molecular weight excluding hydrogens is 290 g/mol. The largest absolute Gasteiger partial charge is 0.444 e. The van der Waals surface area contributed by atoms with Crippen molar-refractivity contribution in [1.82, 2.24) is 5.32 Å². The molecule has 23 heavy (non-hydrogen) atoms. The van der Waals surface area contributed by atoms with Crippen LogP contribution in [0.15, 0.2) is 48.5 Å². The molecule has 0 aliphatic heterocycles. The Bertz CT molecular complexity index is 702. The molecule has 0 spiro atoms. The van der Waals surface area contributed by atoms with E-state index in [1.165, 1.54) is 0 Å². The van der Waals surface area contributed by atoms with Gasteiger partial charge in [-0.25, -0.2) is 4.79 Å². The lowest BCUT2D eigenvalue weighted by Crippen LogP contribution is -2.32. The first-order valence-electron chi connectivity index (χ1n) is 7.49. The SMILES string of the molecule is CC(C)(C)OC(=O)NCc1cccc(-c2cccc(C=O)c2)c1. The van der Waals surface area contributed by atoms with E-state index < -0.39 is 11.7 Å². The van der Waals surface area contributed by atoms with Gasteiger partial charge in [0.25, 0.3) is 0 Å². The molecule has 1 amide bonds. The van der Waals surface area contributed by atoms with Crippen molar-refractivity contribution in [2.24, 2.45) is 0 Å². The summed E-state index contributed by atoms with van der Waals surface area (Å²) in [7, 11) is 0. The van der Waals surface area contributed by atoms with Gasteiger partial charge in [0.2, 0.25) is 0 Å². The van der Waals surface area contributed by atoms with E-state index in [0.717, 1.165) is 23.0 Å². The van der Waals surface area contributed by atoms with Gasteiger partial charge in [-0.1, -0.05) is 36.4 Å². The quantitative estimate of drug-likeness (QED) is 0.861. The van der Waals surface area contributed by atoms with Gasteiger partial charge in [-0.3, -0.25) is 4.79 Å². The fraction of sp³-hybridized carbons (Fsp3) is 0.263. The predicted octanol–water partition coefficient (Wildman–Crippen LogP) is 4.19. The summed E-state index contributed by atoms with van der Waals surface area (Å²) < 4.78 is 5.22. The monoisotopic (exact) mass is 311 g/mol. The molecule has 120 valence electrons. The highest BCUT2D eigenvalue weighted by atomic mass is 16.6. The second-order valence-electron chi connectivity index (χ2n) is 6.30. The van der Waals surface area contributed by atoms with Crippen LogP contribution in [-0.4, -0.2) is 18.0 Å². The third-order valence-corrected chi connectivity index (χ3v) is 3.12. The molecule has 0 saturated heterocycles. The van der Waals surface area contributed by atoms with E-state index in [0.29, 0.717) is 12.1 Å². The summed E-state index contributed by atoms with van der Waals surface area (Å²) in [5, 5.41) is 2.74. The molecule has 2 aromatic carbocycles. The van der Waals surface area contributed by atoms with Gasteiger partial charge in [-0.2, -0.15) is 0 Å². The zero-order valence-electron chi connectivity index (χ0n) is 13.6. The van der Waals surface area contributed by atoms with Crippen molar-refractivity contribution < 1.29 is 14.3 Å². The molecule has 0 aliphatic carbocycles. The van der Waals surface area contributed by atoms with Crippen LogP contribution in [0.25, 0.3) is 11.1 Å². The van der Waals surface area contributed by atoms with Crippen molar-refractivity contribution in [2.45, 2.75) is 32.9 Å². The molecular formula is C19H21NO3. The van der Waals surface area contributed by atoms with Gasteiger partial charge in [-0.05, 0) is 49.6 Å². The molecule has 0 heterocycles. The molecule has 0 fully saturated rings. The molecule has 0 atom stereocenters. The first kappa shape index (κ1) is 16.7. The molecule has 0 saturated carbocycles. The van der Waals surface area contributed by atoms with Gasteiger partial charge in [0.05, 0.1) is 0 Å². The van der Waals surface area contributed by atoms with E-state index >= 15 is 0 Å². The Labute approximate surface area is 136 Å². The zero-order chi connectivity index (χ0) is 16.9. The Kier molecular flexibility index (Phi) is 5.16. The molecule has 2 aromatic rings. The van der Waals surface area contributed by atoms with Crippen LogP contribution < -0.4 is 5.32 Å². The maximum Gasteiger partial charge on any atom is 0.407 e. The van der Waals surface area contributed by atoms with Crippen LogP contribution in [0.5, 0.6) is 0 Å². The van der Waals surface area contributed by atoms with Crippen molar-refractivity contribution in [2.75, 3.05) is 0 Å². The summed E-state index contributed by atoms with van der Waals surface area (Å²) in [4.78, 5) is 22.6. The third kappa shape index (κ3) is 5.25. The summed E-state index contributed by atoms with van der Waals surface area (Å²) in [5.41, 5.74) is 3.05. The molecule has 0 unspecified atom stereocenters. The molecule has 4 nitrogen and oxygen atoms in total. The highest BCUT2D eigenvalue weighted by molar-refractivity contribution is 5.79. The van der Waals surface area contributed by atoms with Gasteiger partial charge in [0, 0.05) is 12.1 Å². The standard InChI is InChI=1S/C19H21NO3/c1-19(2,3)23-18(22)20-12-14-6-4-8-16(10-14)17-9-5-7-15(11-17)13-21/h4-11,13H,12H2,1-3H3,(H,20,22). The third-order valence-electron chi connectivity index (χ3n) is 3.12. The van der Waals surface area contributed by atoms with E-state index in [4.69, 9.17) is 4.74 Å². The summed E-state index contributed by atoms with van der Waals surface area (Å²) >= 11 is 0. The molecule has 0 aliphatic rings. The summed E-state index contributed by atoms with van der Waals surface area (Å²) in [6.45, 7) is 5.86. The van der Waals surface area contributed by atoms with Crippen LogP contribution >= 0.6 is 0 Å². The fourth-order valence-electron chi connectivity index (χ4n) is 2.14. The van der Waals surface area contributed by atoms with Gasteiger partial charge in [0.15, 0.2) is 0 Å². The van der Waals surface area contributed by atoms with Gasteiger partial charge in [-0.15, -0.1) is 0 Å². The molecule has 0 bridgehead atoms. The van der Waals surface area contributed by atoms with Gasteiger partial charge in [0.1, 0.15) is 11.9 Å². The highest BCUT2D eigenvalue weighted by Gasteiger charge is 2.15. The average molecular weight is 311 g/mol. The Hall–Kier alpha value is -2.62. The number of benzene rings is 2. The summed E-state index contributed by atoms with van der Waals surface area (Å²) in [6, 6.07) is 15.2. The lowest BCUT2D eigenvalue weighted by molar-refractivity contribution is 0.0523. The van der Waals surface area contributed by atoms with E-state index in [9.17, 15) is 9.59 Å². The number of nitrogens with one attached hydrogen (secondary N) is 1. The smallest absolute Gasteiger partial charge is 0.407 e. The van der Waals surface area contributed by atoms with Crippen LogP contribution in [0, 0.1) is 0 Å². The molecule has 2 rings (SSSR count). The number of hydrogen-bond acceptors (Lipinski definition) is 3. The Morgan fingerprint density at radius 3 is 2.39 bits per heavy atom. The van der Waals surface area contributed by atoms with Crippen molar-refractivity contribution in [1.29, 1.82) is 0 Å². The number of carbonyl (C=O) groups excluding carboxylic acids is 2. The predicted molar refractivity (Wildman–Crippen MR) is 90.3 cm³/mol. The van der Waals surface area contributed by atoms with Crippen molar-refractivity contribution in [3.05, 3.63) is 59.7 Å². The average Bonchev–Trinajstić information content (AvgIpc) is 2.52. The Morgan fingerprint density at radius 1 is 1.09 bits per heavy atom. The van der Waals surface area contributed by atoms with Crippen molar-refractivity contribution >= 4 is 12.4 Å². The zero-order valence-corrected chi connectivity index (χ0v) is 13.6. The minimum atomic E-state index is -0.513. The number of amides is 1. The first-order chi connectivity index (χ1) is 10.9. The van der Waals surface area contributed by atoms with Gasteiger partial charge >= 0.3 is 6.09 Å². The lowest BCUT2D eigenvalue weighted by atomic mass is 10.0. The molecule has 1 N–H and O–H groups in total. The van der Waals surface area contributed by atoms with Crippen LogP contribution in [0.3, 0.4) is 0 Å². The van der Waals surface area contributed by atoms with Crippen molar-refractivity contribution in [3.63, 3.8) is 0 Å². The second kappa shape index (κ2) is 7.09.